The number of hydrogen-bond acceptors (Lipinski definition) is 4. The zero-order valence-electron chi connectivity index (χ0n) is 10.6. The van der Waals surface area contributed by atoms with Crippen molar-refractivity contribution in [1.82, 2.24) is 10.5 Å². The molecule has 0 saturated carbocycles. The molecule has 0 aromatic carbocycles. The van der Waals surface area contributed by atoms with Gasteiger partial charge in [0.15, 0.2) is 10.9 Å². The summed E-state index contributed by atoms with van der Waals surface area (Å²) in [7, 11) is 0. The van der Waals surface area contributed by atoms with Crippen LogP contribution < -0.4 is 5.32 Å². The van der Waals surface area contributed by atoms with E-state index in [1.54, 1.807) is 11.8 Å². The van der Waals surface area contributed by atoms with Gasteiger partial charge in [0.2, 0.25) is 0 Å². The van der Waals surface area contributed by atoms with E-state index < -0.39 is 0 Å². The molecule has 5 heteroatoms. The van der Waals surface area contributed by atoms with Crippen molar-refractivity contribution >= 4 is 16.9 Å². The number of thioether (sulfide) groups is 1. The van der Waals surface area contributed by atoms with Gasteiger partial charge < -0.3 is 9.84 Å². The van der Waals surface area contributed by atoms with Crippen LogP contribution >= 0.6 is 11.8 Å². The Labute approximate surface area is 106 Å². The zero-order valence-corrected chi connectivity index (χ0v) is 11.4. The molecule has 2 heterocycles. The van der Waals surface area contributed by atoms with E-state index in [2.05, 4.69) is 29.3 Å². The number of nitrogens with one attached hydrogen (secondary N) is 1. The summed E-state index contributed by atoms with van der Waals surface area (Å²) in [6.45, 7) is 6.97. The minimum Gasteiger partial charge on any atom is -0.362 e. The summed E-state index contributed by atoms with van der Waals surface area (Å²) in [5.74, 6) is 2.61. The largest absolute Gasteiger partial charge is 0.362 e. The van der Waals surface area contributed by atoms with Gasteiger partial charge in [0.1, 0.15) is 6.54 Å². The number of rotatable bonds is 3. The molecular weight excluding hydrogens is 234 g/mol. The fourth-order valence-electron chi connectivity index (χ4n) is 1.79. The van der Waals surface area contributed by atoms with E-state index in [-0.39, 0.29) is 0 Å². The summed E-state index contributed by atoms with van der Waals surface area (Å²) in [6.07, 6.45) is 1.21. The third kappa shape index (κ3) is 3.49. The molecule has 94 valence electrons. The highest BCUT2D eigenvalue weighted by Crippen LogP contribution is 2.19. The second-order valence-electron chi connectivity index (χ2n) is 4.69. The highest BCUT2D eigenvalue weighted by Gasteiger charge is 2.20. The van der Waals surface area contributed by atoms with Gasteiger partial charge in [-0.2, -0.15) is 0 Å². The van der Waals surface area contributed by atoms with Crippen LogP contribution in [0.3, 0.4) is 0 Å². The lowest BCUT2D eigenvalue weighted by atomic mass is 10.0. The number of nitrogens with zero attached hydrogens (tertiary/aromatic N) is 2. The van der Waals surface area contributed by atoms with Gasteiger partial charge in [-0.05, 0) is 19.3 Å². The monoisotopic (exact) mass is 253 g/mol. The van der Waals surface area contributed by atoms with E-state index in [9.17, 15) is 0 Å². The topological polar surface area (TPSA) is 50.4 Å². The quantitative estimate of drug-likeness (QED) is 0.899. The van der Waals surface area contributed by atoms with Gasteiger partial charge in [-0.1, -0.05) is 30.8 Å². The Kier molecular flexibility index (Phi) is 4.10. The highest BCUT2D eigenvalue weighted by molar-refractivity contribution is 8.13. The lowest BCUT2D eigenvalue weighted by molar-refractivity contribution is 0.381. The Balaban J connectivity index is 1.93. The van der Waals surface area contributed by atoms with Crippen LogP contribution in [0.4, 0.5) is 0 Å². The average molecular weight is 253 g/mol. The molecule has 1 fully saturated rings. The van der Waals surface area contributed by atoms with Crippen molar-refractivity contribution in [3.63, 3.8) is 0 Å². The summed E-state index contributed by atoms with van der Waals surface area (Å²) in [5, 5.41) is 8.36. The molecule has 1 aromatic rings. The molecule has 1 aliphatic rings. The molecule has 1 N–H and O–H groups in total. The van der Waals surface area contributed by atoms with Gasteiger partial charge in [-0.15, -0.1) is 0 Å². The summed E-state index contributed by atoms with van der Waals surface area (Å²) in [6, 6.07) is 2.48. The standard InChI is InChI=1S/C12H19N3OS/c1-8(2)11-4-5-17-12(14-11)13-7-10-6-9(3)15-16-10/h6,8,11H,4-5,7H2,1-3H3,(H,13,14). The molecule has 1 unspecified atom stereocenters. The molecule has 2 rings (SSSR count). The second-order valence-corrected chi connectivity index (χ2v) is 5.77. The van der Waals surface area contributed by atoms with E-state index in [1.807, 2.05) is 13.0 Å². The van der Waals surface area contributed by atoms with Crippen LogP contribution in [0.1, 0.15) is 31.7 Å². The maximum Gasteiger partial charge on any atom is 0.158 e. The normalized spacial score (nSPS) is 23.1. The van der Waals surface area contributed by atoms with Crippen LogP contribution in [-0.4, -0.2) is 22.1 Å². The molecule has 17 heavy (non-hydrogen) atoms. The van der Waals surface area contributed by atoms with E-state index >= 15 is 0 Å². The van der Waals surface area contributed by atoms with E-state index in [0.717, 1.165) is 22.4 Å². The first kappa shape index (κ1) is 12.5. The van der Waals surface area contributed by atoms with Crippen molar-refractivity contribution in [2.75, 3.05) is 5.75 Å². The first-order chi connectivity index (χ1) is 8.15. The van der Waals surface area contributed by atoms with Gasteiger partial charge in [-0.25, -0.2) is 0 Å². The number of hydrogen-bond donors (Lipinski definition) is 1. The highest BCUT2D eigenvalue weighted by atomic mass is 32.2. The molecule has 0 aliphatic carbocycles. The molecule has 1 atom stereocenters. The molecule has 0 spiro atoms. The Morgan fingerprint density at radius 2 is 2.47 bits per heavy atom. The summed E-state index contributed by atoms with van der Waals surface area (Å²) >= 11 is 1.79. The van der Waals surface area contributed by atoms with Crippen LogP contribution in [0.2, 0.25) is 0 Å². The van der Waals surface area contributed by atoms with Crippen molar-refractivity contribution in [2.24, 2.45) is 10.9 Å². The van der Waals surface area contributed by atoms with Crippen molar-refractivity contribution in [1.29, 1.82) is 0 Å². The summed E-state index contributed by atoms with van der Waals surface area (Å²) in [5.41, 5.74) is 0.907. The SMILES string of the molecule is Cc1cc(CN=C2NC(C(C)C)CCS2)on1. The van der Waals surface area contributed by atoms with Crippen LogP contribution in [0.25, 0.3) is 0 Å². The Morgan fingerprint density at radius 3 is 3.12 bits per heavy atom. The molecule has 1 saturated heterocycles. The van der Waals surface area contributed by atoms with Crippen LogP contribution in [0.15, 0.2) is 15.6 Å². The molecule has 0 radical (unpaired) electrons. The van der Waals surface area contributed by atoms with E-state index in [0.29, 0.717) is 18.5 Å². The molecule has 0 amide bonds. The zero-order chi connectivity index (χ0) is 12.3. The van der Waals surface area contributed by atoms with Crippen LogP contribution in [0, 0.1) is 12.8 Å². The third-order valence-corrected chi connectivity index (χ3v) is 3.80. The molecule has 4 nitrogen and oxygen atoms in total. The van der Waals surface area contributed by atoms with Crippen molar-refractivity contribution in [3.8, 4) is 0 Å². The predicted molar refractivity (Wildman–Crippen MR) is 71.2 cm³/mol. The smallest absolute Gasteiger partial charge is 0.158 e. The second kappa shape index (κ2) is 5.58. The maximum absolute atomic E-state index is 5.14. The Bertz CT molecular complexity index is 400. The lowest BCUT2D eigenvalue weighted by Crippen LogP contribution is -2.41. The molecule has 1 aliphatic heterocycles. The Hall–Kier alpha value is -0.970. The summed E-state index contributed by atoms with van der Waals surface area (Å²) in [4.78, 5) is 4.53. The maximum atomic E-state index is 5.14. The minimum absolute atomic E-state index is 0.548. The molecule has 1 aromatic heterocycles. The van der Waals surface area contributed by atoms with Crippen LogP contribution in [0.5, 0.6) is 0 Å². The van der Waals surface area contributed by atoms with Gasteiger partial charge in [-0.3, -0.25) is 4.99 Å². The third-order valence-electron chi connectivity index (χ3n) is 2.84. The van der Waals surface area contributed by atoms with Crippen LogP contribution in [-0.2, 0) is 6.54 Å². The van der Waals surface area contributed by atoms with E-state index in [1.165, 1.54) is 6.42 Å². The van der Waals surface area contributed by atoms with Crippen molar-refractivity contribution in [3.05, 3.63) is 17.5 Å². The minimum atomic E-state index is 0.548. The van der Waals surface area contributed by atoms with Gasteiger partial charge >= 0.3 is 0 Å². The number of aryl methyl sites for hydroxylation is 1. The molecule has 0 bridgehead atoms. The van der Waals surface area contributed by atoms with Gasteiger partial charge in [0.05, 0.1) is 5.69 Å². The fraction of sp³-hybridized carbons (Fsp3) is 0.667. The first-order valence-electron chi connectivity index (χ1n) is 6.01. The number of aliphatic imine (C=N–C) groups is 1. The molecular formula is C12H19N3OS. The van der Waals surface area contributed by atoms with Gasteiger partial charge in [0.25, 0.3) is 0 Å². The summed E-state index contributed by atoms with van der Waals surface area (Å²) < 4.78 is 5.14. The van der Waals surface area contributed by atoms with Crippen molar-refractivity contribution < 1.29 is 4.52 Å². The fourth-order valence-corrected chi connectivity index (χ4v) is 2.74. The van der Waals surface area contributed by atoms with Gasteiger partial charge in [0, 0.05) is 17.9 Å². The van der Waals surface area contributed by atoms with E-state index in [4.69, 9.17) is 4.52 Å². The first-order valence-corrected chi connectivity index (χ1v) is 6.99. The number of amidine groups is 1. The van der Waals surface area contributed by atoms with Crippen molar-refractivity contribution in [2.45, 2.75) is 39.8 Å². The average Bonchev–Trinajstić information content (AvgIpc) is 2.73. The predicted octanol–water partition coefficient (Wildman–Crippen LogP) is 2.59. The Morgan fingerprint density at radius 1 is 1.65 bits per heavy atom. The number of aromatic nitrogens is 1. The lowest BCUT2D eigenvalue weighted by Gasteiger charge is -2.28.